The van der Waals surface area contributed by atoms with Crippen LogP contribution in [0.25, 0.3) is 11.3 Å². The Morgan fingerprint density at radius 3 is 2.42 bits per heavy atom. The quantitative estimate of drug-likeness (QED) is 0.707. The smallest absolute Gasteiger partial charge is 0.475 e. The third-order valence-corrected chi connectivity index (χ3v) is 4.71. The summed E-state index contributed by atoms with van der Waals surface area (Å²) in [6, 6.07) is 8.22. The van der Waals surface area contributed by atoms with Crippen LogP contribution in [0.3, 0.4) is 0 Å². The average molecular weight is 442 g/mol. The number of aromatic nitrogens is 2. The molecule has 2 heterocycles. The molecule has 1 saturated heterocycles. The van der Waals surface area contributed by atoms with E-state index in [9.17, 15) is 22.4 Å². The molecule has 0 aliphatic carbocycles. The summed E-state index contributed by atoms with van der Waals surface area (Å²) in [5.74, 6) is -2.69. The van der Waals surface area contributed by atoms with Crippen molar-refractivity contribution in [2.24, 2.45) is 5.92 Å². The number of rotatable bonds is 4. The van der Waals surface area contributed by atoms with Crippen molar-refractivity contribution >= 4 is 11.9 Å². The van der Waals surface area contributed by atoms with Crippen molar-refractivity contribution < 1.29 is 32.3 Å². The molecule has 11 heteroatoms. The minimum absolute atomic E-state index is 0.142. The Kier molecular flexibility index (Phi) is 8.03. The van der Waals surface area contributed by atoms with Gasteiger partial charge in [-0.25, -0.2) is 9.18 Å². The number of carboxylic acid groups (broad SMARTS) is 1. The third kappa shape index (κ3) is 6.71. The minimum atomic E-state index is -5.08. The highest BCUT2D eigenvalue weighted by atomic mass is 19.4. The summed E-state index contributed by atoms with van der Waals surface area (Å²) in [6.07, 6.45) is -4.00. The van der Waals surface area contributed by atoms with Gasteiger partial charge in [0.1, 0.15) is 5.82 Å². The lowest BCUT2D eigenvalue weighted by molar-refractivity contribution is -0.192. The highest BCUT2D eigenvalue weighted by Gasteiger charge is 2.38. The van der Waals surface area contributed by atoms with Crippen LogP contribution < -0.4 is 5.32 Å². The first-order valence-corrected chi connectivity index (χ1v) is 9.36. The maximum absolute atomic E-state index is 13.7. The van der Waals surface area contributed by atoms with Crippen LogP contribution >= 0.6 is 0 Å². The van der Waals surface area contributed by atoms with E-state index in [2.05, 4.69) is 15.5 Å². The molecule has 0 spiro atoms. The fourth-order valence-corrected chi connectivity index (χ4v) is 3.01. The van der Waals surface area contributed by atoms with Crippen molar-refractivity contribution in [1.82, 2.24) is 20.4 Å². The molecule has 168 valence electrons. The van der Waals surface area contributed by atoms with Crippen molar-refractivity contribution in [3.63, 3.8) is 0 Å². The van der Waals surface area contributed by atoms with Gasteiger partial charge in [-0.2, -0.15) is 13.2 Å². The summed E-state index contributed by atoms with van der Waals surface area (Å²) in [4.78, 5) is 23.0. The van der Waals surface area contributed by atoms with Crippen LogP contribution in [0.15, 0.2) is 30.3 Å². The molecule has 2 aromatic rings. The van der Waals surface area contributed by atoms with Gasteiger partial charge in [0.15, 0.2) is 5.69 Å². The van der Waals surface area contributed by atoms with Gasteiger partial charge in [-0.1, -0.05) is 12.1 Å². The Morgan fingerprint density at radius 2 is 1.90 bits per heavy atom. The van der Waals surface area contributed by atoms with E-state index in [4.69, 9.17) is 9.90 Å². The van der Waals surface area contributed by atoms with Crippen molar-refractivity contribution in [2.75, 3.05) is 26.7 Å². The fraction of sp³-hybridized carbons (Fsp3) is 0.400. The molecule has 1 aromatic carbocycles. The van der Waals surface area contributed by atoms with Crippen LogP contribution in [0.5, 0.6) is 0 Å². The number of hydrogen-bond donors (Lipinski definition) is 2. The topological polar surface area (TPSA) is 95.4 Å². The lowest BCUT2D eigenvalue weighted by Gasteiger charge is -2.20. The van der Waals surface area contributed by atoms with Crippen LogP contribution in [0.4, 0.5) is 17.6 Å². The van der Waals surface area contributed by atoms with Crippen molar-refractivity contribution in [2.45, 2.75) is 19.5 Å². The number of amides is 1. The largest absolute Gasteiger partial charge is 0.490 e. The highest BCUT2D eigenvalue weighted by Crippen LogP contribution is 2.23. The Labute approximate surface area is 176 Å². The van der Waals surface area contributed by atoms with Gasteiger partial charge in [-0.05, 0) is 56.1 Å². The van der Waals surface area contributed by atoms with E-state index in [-0.39, 0.29) is 11.7 Å². The van der Waals surface area contributed by atoms with E-state index in [0.29, 0.717) is 35.0 Å². The number of nitrogens with one attached hydrogen (secondary N) is 1. The first kappa shape index (κ1) is 24.2. The number of benzene rings is 1. The summed E-state index contributed by atoms with van der Waals surface area (Å²) >= 11 is 0. The van der Waals surface area contributed by atoms with Crippen LogP contribution in [-0.4, -0.2) is 64.9 Å². The fourth-order valence-electron chi connectivity index (χ4n) is 3.01. The summed E-state index contributed by atoms with van der Waals surface area (Å²) < 4.78 is 45.4. The molecule has 1 aromatic heterocycles. The van der Waals surface area contributed by atoms with Gasteiger partial charge in [-0.3, -0.25) is 4.79 Å². The first-order valence-electron chi connectivity index (χ1n) is 9.36. The summed E-state index contributed by atoms with van der Waals surface area (Å²) in [5, 5.41) is 18.6. The normalized spacial score (nSPS) is 15.7. The molecular weight excluding hydrogens is 420 g/mol. The Bertz CT molecular complexity index is 914. The predicted molar refractivity (Wildman–Crippen MR) is 104 cm³/mol. The van der Waals surface area contributed by atoms with Crippen LogP contribution in [-0.2, 0) is 4.79 Å². The van der Waals surface area contributed by atoms with Crippen molar-refractivity contribution in [1.29, 1.82) is 0 Å². The monoisotopic (exact) mass is 442 g/mol. The number of nitrogens with zero attached hydrogens (tertiary/aromatic N) is 3. The number of carbonyl (C=O) groups is 2. The Balaban J connectivity index is 0.000000423. The molecule has 1 aliphatic heterocycles. The second-order valence-electron chi connectivity index (χ2n) is 7.06. The van der Waals surface area contributed by atoms with E-state index >= 15 is 0 Å². The lowest BCUT2D eigenvalue weighted by atomic mass is 10.0. The van der Waals surface area contributed by atoms with Crippen LogP contribution in [0.1, 0.15) is 22.5 Å². The van der Waals surface area contributed by atoms with Gasteiger partial charge >= 0.3 is 12.1 Å². The molecule has 1 fully saturated rings. The van der Waals surface area contributed by atoms with Gasteiger partial charge in [-0.15, -0.1) is 10.2 Å². The number of carbonyl (C=O) groups excluding carboxylic acids is 1. The van der Waals surface area contributed by atoms with Crippen LogP contribution in [0, 0.1) is 18.7 Å². The van der Waals surface area contributed by atoms with Crippen molar-refractivity contribution in [3.05, 3.63) is 47.4 Å². The molecule has 1 unspecified atom stereocenters. The van der Waals surface area contributed by atoms with Gasteiger partial charge < -0.3 is 15.3 Å². The maximum Gasteiger partial charge on any atom is 0.490 e. The predicted octanol–water partition coefficient (Wildman–Crippen LogP) is 2.91. The van der Waals surface area contributed by atoms with Gasteiger partial charge in [0, 0.05) is 19.2 Å². The minimum Gasteiger partial charge on any atom is -0.475 e. The zero-order valence-corrected chi connectivity index (χ0v) is 16.9. The van der Waals surface area contributed by atoms with E-state index in [1.165, 1.54) is 6.07 Å². The Morgan fingerprint density at radius 1 is 1.23 bits per heavy atom. The SMILES string of the molecule is Cc1c(F)cccc1-c1ccc(C(=O)N(C)CC2CCNC2)nn1.O=C(O)C(F)(F)F. The second kappa shape index (κ2) is 10.3. The highest BCUT2D eigenvalue weighted by molar-refractivity contribution is 5.92. The van der Waals surface area contributed by atoms with E-state index in [1.54, 1.807) is 43.1 Å². The number of hydrogen-bond acceptors (Lipinski definition) is 5. The molecule has 1 aliphatic rings. The molecule has 0 radical (unpaired) electrons. The number of alkyl halides is 3. The zero-order chi connectivity index (χ0) is 23.2. The standard InChI is InChI=1S/C18H21FN4O.C2HF3O2/c1-12-14(4-3-5-15(12)19)16-6-7-17(22-21-16)18(24)23(2)11-13-8-9-20-10-13;3-2(4,5)1(6)7/h3-7,13,20H,8-11H2,1-2H3;(H,6,7). The van der Waals surface area contributed by atoms with Crippen molar-refractivity contribution in [3.8, 4) is 11.3 Å². The van der Waals surface area contributed by atoms with E-state index < -0.39 is 12.1 Å². The third-order valence-electron chi connectivity index (χ3n) is 4.71. The first-order chi connectivity index (χ1) is 14.5. The van der Waals surface area contributed by atoms with Gasteiger partial charge in [0.25, 0.3) is 5.91 Å². The van der Waals surface area contributed by atoms with Gasteiger partial charge in [0.05, 0.1) is 5.69 Å². The number of carboxylic acids is 1. The number of aliphatic carboxylic acids is 1. The molecule has 1 atom stereocenters. The average Bonchev–Trinajstić information content (AvgIpc) is 3.22. The van der Waals surface area contributed by atoms with Crippen LogP contribution in [0.2, 0.25) is 0 Å². The summed E-state index contributed by atoms with van der Waals surface area (Å²) in [5.41, 5.74) is 2.08. The second-order valence-corrected chi connectivity index (χ2v) is 7.06. The molecule has 0 saturated carbocycles. The van der Waals surface area contributed by atoms with Gasteiger partial charge in [0.2, 0.25) is 0 Å². The molecule has 3 rings (SSSR count). The molecule has 7 nitrogen and oxygen atoms in total. The summed E-state index contributed by atoms with van der Waals surface area (Å²) in [6.45, 7) is 4.36. The maximum atomic E-state index is 13.7. The number of halogens is 4. The Hall–Kier alpha value is -3.08. The van der Waals surface area contributed by atoms with E-state index in [0.717, 1.165) is 19.5 Å². The molecule has 1 amide bonds. The molecule has 0 bridgehead atoms. The molecule has 31 heavy (non-hydrogen) atoms. The molecule has 2 N–H and O–H groups in total. The zero-order valence-electron chi connectivity index (χ0n) is 16.9. The van der Waals surface area contributed by atoms with E-state index in [1.807, 2.05) is 0 Å². The molecular formula is C20H22F4N4O3. The summed E-state index contributed by atoms with van der Waals surface area (Å²) in [7, 11) is 1.78. The lowest BCUT2D eigenvalue weighted by Crippen LogP contribution is -2.33.